The molecule has 1 aromatic carbocycles. The average molecular weight is 396 g/mol. The van der Waals surface area contributed by atoms with Crippen LogP contribution in [0.2, 0.25) is 0 Å². The molecular weight excluding hydrogens is 382 g/mol. The van der Waals surface area contributed by atoms with E-state index in [-0.39, 0.29) is 5.56 Å². The Morgan fingerprint density at radius 2 is 2.08 bits per heavy atom. The SMILES string of the molecule is Cn1c(SCc2ccccc2C#N)nc2scc(-c3cccs3)c2c1=O. The molecule has 0 spiro atoms. The minimum Gasteiger partial charge on any atom is -0.290 e. The summed E-state index contributed by atoms with van der Waals surface area (Å²) in [4.78, 5) is 19.5. The number of nitrogens with zero attached hydrogens (tertiary/aromatic N) is 3. The van der Waals surface area contributed by atoms with E-state index in [1.54, 1.807) is 29.0 Å². The minimum absolute atomic E-state index is 0.0317. The van der Waals surface area contributed by atoms with Crippen LogP contribution in [0, 0.1) is 11.3 Å². The highest BCUT2D eigenvalue weighted by molar-refractivity contribution is 7.98. The van der Waals surface area contributed by atoms with E-state index in [2.05, 4.69) is 6.07 Å². The van der Waals surface area contributed by atoms with Crippen LogP contribution in [-0.2, 0) is 12.8 Å². The third-order valence-corrected chi connectivity index (χ3v) is 6.91. The molecule has 0 unspecified atom stereocenters. The summed E-state index contributed by atoms with van der Waals surface area (Å²) in [5.41, 5.74) is 2.53. The van der Waals surface area contributed by atoms with Crippen molar-refractivity contribution in [1.29, 1.82) is 5.26 Å². The summed E-state index contributed by atoms with van der Waals surface area (Å²) in [6.45, 7) is 0. The van der Waals surface area contributed by atoms with E-state index in [0.717, 1.165) is 20.8 Å². The quantitative estimate of drug-likeness (QED) is 0.365. The fourth-order valence-electron chi connectivity index (χ4n) is 2.69. The number of fused-ring (bicyclic) bond motifs is 1. The number of rotatable bonds is 4. The first-order chi connectivity index (χ1) is 12.7. The van der Waals surface area contributed by atoms with Crippen molar-refractivity contribution >= 4 is 44.7 Å². The first-order valence-electron chi connectivity index (χ1n) is 7.82. The van der Waals surface area contributed by atoms with E-state index in [0.29, 0.717) is 21.9 Å². The topological polar surface area (TPSA) is 58.7 Å². The van der Waals surface area contributed by atoms with E-state index in [9.17, 15) is 10.1 Å². The molecule has 0 amide bonds. The van der Waals surface area contributed by atoms with Gasteiger partial charge in [0, 0.05) is 28.6 Å². The molecule has 0 radical (unpaired) electrons. The van der Waals surface area contributed by atoms with Gasteiger partial charge in [0.15, 0.2) is 5.16 Å². The number of aromatic nitrogens is 2. The average Bonchev–Trinajstić information content (AvgIpc) is 3.33. The molecule has 0 bridgehead atoms. The Hall–Kier alpha value is -2.40. The molecule has 0 aliphatic heterocycles. The maximum absolute atomic E-state index is 12.9. The first-order valence-corrected chi connectivity index (χ1v) is 10.6. The fraction of sp³-hybridized carbons (Fsp3) is 0.105. The van der Waals surface area contributed by atoms with Gasteiger partial charge in [0.1, 0.15) is 4.83 Å². The molecule has 0 atom stereocenters. The van der Waals surface area contributed by atoms with Crippen molar-refractivity contribution in [3.63, 3.8) is 0 Å². The van der Waals surface area contributed by atoms with Gasteiger partial charge >= 0.3 is 0 Å². The maximum Gasteiger partial charge on any atom is 0.263 e. The van der Waals surface area contributed by atoms with E-state index in [4.69, 9.17) is 4.98 Å². The molecule has 0 saturated carbocycles. The van der Waals surface area contributed by atoms with Crippen LogP contribution >= 0.6 is 34.4 Å². The highest BCUT2D eigenvalue weighted by Crippen LogP contribution is 2.34. The van der Waals surface area contributed by atoms with Gasteiger partial charge in [0.05, 0.1) is 17.0 Å². The van der Waals surface area contributed by atoms with Crippen molar-refractivity contribution in [2.75, 3.05) is 0 Å². The van der Waals surface area contributed by atoms with Gasteiger partial charge in [-0.2, -0.15) is 5.26 Å². The molecule has 4 aromatic rings. The Morgan fingerprint density at radius 1 is 1.23 bits per heavy atom. The molecule has 0 saturated heterocycles. The Bertz CT molecular complexity index is 1180. The Kier molecular flexibility index (Phi) is 4.64. The Morgan fingerprint density at radius 3 is 2.85 bits per heavy atom. The van der Waals surface area contributed by atoms with Gasteiger partial charge in [-0.15, -0.1) is 22.7 Å². The van der Waals surface area contributed by atoms with Gasteiger partial charge in [-0.05, 0) is 23.1 Å². The summed E-state index contributed by atoms with van der Waals surface area (Å²) in [6.07, 6.45) is 0. The monoisotopic (exact) mass is 395 g/mol. The summed E-state index contributed by atoms with van der Waals surface area (Å²) in [5, 5.41) is 14.6. The number of thiophene rings is 2. The minimum atomic E-state index is -0.0317. The smallest absolute Gasteiger partial charge is 0.263 e. The van der Waals surface area contributed by atoms with Crippen LogP contribution in [0.25, 0.3) is 20.7 Å². The van der Waals surface area contributed by atoms with Crippen LogP contribution in [0.5, 0.6) is 0 Å². The normalized spacial score (nSPS) is 10.9. The summed E-state index contributed by atoms with van der Waals surface area (Å²) in [5.74, 6) is 0.596. The molecule has 3 heterocycles. The predicted octanol–water partition coefficient (Wildman–Crippen LogP) is 4.89. The van der Waals surface area contributed by atoms with Crippen molar-refractivity contribution in [3.8, 4) is 16.5 Å². The second-order valence-corrected chi connectivity index (χ2v) is 8.37. The van der Waals surface area contributed by atoms with Crippen LogP contribution in [0.1, 0.15) is 11.1 Å². The van der Waals surface area contributed by atoms with Crippen LogP contribution in [-0.4, -0.2) is 9.55 Å². The summed E-state index contributed by atoms with van der Waals surface area (Å²) in [7, 11) is 1.75. The number of hydrogen-bond donors (Lipinski definition) is 0. The highest BCUT2D eigenvalue weighted by Gasteiger charge is 2.16. The first kappa shape index (κ1) is 17.0. The summed E-state index contributed by atoms with van der Waals surface area (Å²) >= 11 is 4.59. The molecule has 4 nitrogen and oxygen atoms in total. The number of thioether (sulfide) groups is 1. The Balaban J connectivity index is 1.73. The second kappa shape index (κ2) is 7.08. The lowest BCUT2D eigenvalue weighted by molar-refractivity contribution is 0.728. The molecule has 0 aliphatic rings. The summed E-state index contributed by atoms with van der Waals surface area (Å²) < 4.78 is 1.60. The molecule has 7 heteroatoms. The Labute approximate surface area is 162 Å². The number of nitriles is 1. The third-order valence-electron chi connectivity index (χ3n) is 4.06. The molecule has 0 aliphatic carbocycles. The van der Waals surface area contributed by atoms with Gasteiger partial charge in [0.2, 0.25) is 0 Å². The van der Waals surface area contributed by atoms with Crippen LogP contribution < -0.4 is 5.56 Å². The standard InChI is InChI=1S/C19H13N3OS3/c1-22-18(23)16-14(15-7-4-8-24-15)11-25-17(16)21-19(22)26-10-13-6-3-2-5-12(13)9-20/h2-8,11H,10H2,1H3. The lowest BCUT2D eigenvalue weighted by Gasteiger charge is -2.08. The van der Waals surface area contributed by atoms with Crippen molar-refractivity contribution in [2.45, 2.75) is 10.9 Å². The summed E-state index contributed by atoms with van der Waals surface area (Å²) in [6, 6.07) is 13.7. The molecular formula is C19H13N3OS3. The van der Waals surface area contributed by atoms with Crippen molar-refractivity contribution < 1.29 is 0 Å². The van der Waals surface area contributed by atoms with Crippen LogP contribution in [0.4, 0.5) is 0 Å². The van der Waals surface area contributed by atoms with Gasteiger partial charge in [-0.3, -0.25) is 9.36 Å². The van der Waals surface area contributed by atoms with Gasteiger partial charge in [0.25, 0.3) is 5.56 Å². The highest BCUT2D eigenvalue weighted by atomic mass is 32.2. The van der Waals surface area contributed by atoms with E-state index >= 15 is 0 Å². The zero-order valence-corrected chi connectivity index (χ0v) is 16.3. The second-order valence-electron chi connectivity index (χ2n) is 5.62. The van der Waals surface area contributed by atoms with Crippen LogP contribution in [0.15, 0.2) is 57.1 Å². The lowest BCUT2D eigenvalue weighted by atomic mass is 10.1. The van der Waals surface area contributed by atoms with Gasteiger partial charge < -0.3 is 0 Å². The van der Waals surface area contributed by atoms with E-state index in [1.165, 1.54) is 23.1 Å². The predicted molar refractivity (Wildman–Crippen MR) is 109 cm³/mol. The maximum atomic E-state index is 12.9. The van der Waals surface area contributed by atoms with Crippen LogP contribution in [0.3, 0.4) is 0 Å². The molecule has 3 aromatic heterocycles. The van der Waals surface area contributed by atoms with E-state index < -0.39 is 0 Å². The number of benzene rings is 1. The molecule has 0 N–H and O–H groups in total. The largest absolute Gasteiger partial charge is 0.290 e. The molecule has 128 valence electrons. The zero-order chi connectivity index (χ0) is 18.1. The molecule has 4 rings (SSSR count). The van der Waals surface area contributed by atoms with Crippen molar-refractivity contribution in [1.82, 2.24) is 9.55 Å². The van der Waals surface area contributed by atoms with Crippen molar-refractivity contribution in [2.24, 2.45) is 7.05 Å². The lowest BCUT2D eigenvalue weighted by Crippen LogP contribution is -2.19. The molecule has 0 fully saturated rings. The zero-order valence-electron chi connectivity index (χ0n) is 13.8. The van der Waals surface area contributed by atoms with E-state index in [1.807, 2.05) is 41.1 Å². The molecule has 26 heavy (non-hydrogen) atoms. The van der Waals surface area contributed by atoms with Gasteiger partial charge in [-0.25, -0.2) is 4.98 Å². The third kappa shape index (κ3) is 2.97. The fourth-order valence-corrected chi connectivity index (χ4v) is 5.47. The van der Waals surface area contributed by atoms with Gasteiger partial charge in [-0.1, -0.05) is 36.0 Å². The van der Waals surface area contributed by atoms with Crippen molar-refractivity contribution in [3.05, 3.63) is 68.6 Å². The number of hydrogen-bond acceptors (Lipinski definition) is 6.